The van der Waals surface area contributed by atoms with E-state index in [-0.39, 0.29) is 17.2 Å². The zero-order valence-electron chi connectivity index (χ0n) is 12.1. The highest BCUT2D eigenvalue weighted by atomic mass is 19.1. The summed E-state index contributed by atoms with van der Waals surface area (Å²) in [7, 11) is 1.35. The summed E-state index contributed by atoms with van der Waals surface area (Å²) in [4.78, 5) is 16.1. The van der Waals surface area contributed by atoms with Crippen molar-refractivity contribution in [3.63, 3.8) is 0 Å². The number of amides is 1. The fourth-order valence-corrected chi connectivity index (χ4v) is 1.98. The van der Waals surface area contributed by atoms with Gasteiger partial charge in [0.15, 0.2) is 11.6 Å². The molecule has 3 rings (SSSR count). The molecule has 6 nitrogen and oxygen atoms in total. The maximum Gasteiger partial charge on any atom is 0.258 e. The van der Waals surface area contributed by atoms with Gasteiger partial charge in [0.2, 0.25) is 5.88 Å². The maximum absolute atomic E-state index is 13.6. The van der Waals surface area contributed by atoms with Crippen molar-refractivity contribution in [1.82, 2.24) is 10.1 Å². The molecule has 116 valence electrons. The molecule has 0 aliphatic rings. The summed E-state index contributed by atoms with van der Waals surface area (Å²) in [6, 6.07) is 9.07. The summed E-state index contributed by atoms with van der Waals surface area (Å²) in [6.45, 7) is 0. The van der Waals surface area contributed by atoms with Gasteiger partial charge in [-0.3, -0.25) is 15.1 Å². The number of ether oxygens (including phenoxy) is 1. The summed E-state index contributed by atoms with van der Waals surface area (Å²) < 4.78 is 23.5. The number of benzene rings is 1. The van der Waals surface area contributed by atoms with E-state index in [1.54, 1.807) is 24.5 Å². The van der Waals surface area contributed by atoms with Crippen molar-refractivity contribution in [2.24, 2.45) is 0 Å². The molecule has 1 amide bonds. The number of hydrogen-bond donors (Lipinski definition) is 1. The lowest BCUT2D eigenvalue weighted by Gasteiger charge is -2.04. The molecule has 0 spiro atoms. The molecule has 1 aromatic carbocycles. The Hall–Kier alpha value is -3.22. The van der Waals surface area contributed by atoms with Crippen LogP contribution in [0.2, 0.25) is 0 Å². The van der Waals surface area contributed by atoms with Crippen LogP contribution in [0.25, 0.3) is 11.3 Å². The van der Waals surface area contributed by atoms with E-state index < -0.39 is 11.7 Å². The molecule has 0 aliphatic carbocycles. The first-order chi connectivity index (χ1) is 11.2. The first kappa shape index (κ1) is 14.7. The van der Waals surface area contributed by atoms with Gasteiger partial charge in [0, 0.05) is 29.6 Å². The lowest BCUT2D eigenvalue weighted by molar-refractivity contribution is 0.102. The topological polar surface area (TPSA) is 77.2 Å². The van der Waals surface area contributed by atoms with Crippen molar-refractivity contribution >= 4 is 11.8 Å². The standard InChI is InChI=1S/C16H12FN3O3/c1-22-14-5-4-10(7-12(14)17)16(21)19-15-8-13(20-23-15)11-3-2-6-18-9-11/h2-9H,1H3,(H,19,21). The first-order valence-electron chi connectivity index (χ1n) is 6.69. The highest BCUT2D eigenvalue weighted by Gasteiger charge is 2.13. The number of nitrogens with zero attached hydrogens (tertiary/aromatic N) is 2. The van der Waals surface area contributed by atoms with Gasteiger partial charge in [0.1, 0.15) is 5.69 Å². The molecule has 0 fully saturated rings. The van der Waals surface area contributed by atoms with Crippen molar-refractivity contribution in [1.29, 1.82) is 0 Å². The Bertz CT molecular complexity index is 834. The van der Waals surface area contributed by atoms with Gasteiger partial charge in [-0.05, 0) is 30.3 Å². The molecule has 2 aromatic heterocycles. The number of halogens is 1. The zero-order chi connectivity index (χ0) is 16.2. The van der Waals surface area contributed by atoms with Crippen LogP contribution in [0.15, 0.2) is 53.3 Å². The molecule has 0 saturated heterocycles. The highest BCUT2D eigenvalue weighted by molar-refractivity contribution is 6.03. The predicted octanol–water partition coefficient (Wildman–Crippen LogP) is 3.14. The minimum Gasteiger partial charge on any atom is -0.494 e. The van der Waals surface area contributed by atoms with Crippen LogP contribution in [0.3, 0.4) is 0 Å². The molecule has 0 unspecified atom stereocenters. The number of carbonyl (C=O) groups excluding carboxylic acids is 1. The van der Waals surface area contributed by atoms with Crippen molar-refractivity contribution in [3.8, 4) is 17.0 Å². The van der Waals surface area contributed by atoms with Gasteiger partial charge in [-0.1, -0.05) is 5.16 Å². The Kier molecular flexibility index (Phi) is 4.01. The second kappa shape index (κ2) is 6.27. The fourth-order valence-electron chi connectivity index (χ4n) is 1.98. The number of pyridine rings is 1. The number of carbonyl (C=O) groups is 1. The fraction of sp³-hybridized carbons (Fsp3) is 0.0625. The zero-order valence-corrected chi connectivity index (χ0v) is 12.1. The molecule has 23 heavy (non-hydrogen) atoms. The van der Waals surface area contributed by atoms with Gasteiger partial charge in [-0.25, -0.2) is 4.39 Å². The normalized spacial score (nSPS) is 10.3. The van der Waals surface area contributed by atoms with E-state index in [1.165, 1.54) is 19.2 Å². The van der Waals surface area contributed by atoms with Crippen LogP contribution in [0, 0.1) is 5.82 Å². The Morgan fingerprint density at radius 2 is 2.17 bits per heavy atom. The molecule has 0 saturated carbocycles. The van der Waals surface area contributed by atoms with Gasteiger partial charge < -0.3 is 9.26 Å². The monoisotopic (exact) mass is 313 g/mol. The van der Waals surface area contributed by atoms with E-state index in [9.17, 15) is 9.18 Å². The number of methoxy groups -OCH3 is 1. The maximum atomic E-state index is 13.6. The van der Waals surface area contributed by atoms with E-state index in [4.69, 9.17) is 9.26 Å². The Balaban J connectivity index is 1.76. The number of rotatable bonds is 4. The summed E-state index contributed by atoms with van der Waals surface area (Å²) in [5, 5.41) is 6.37. The SMILES string of the molecule is COc1ccc(C(=O)Nc2cc(-c3cccnc3)no2)cc1F. The quantitative estimate of drug-likeness (QED) is 0.800. The third-order valence-corrected chi connectivity index (χ3v) is 3.12. The Morgan fingerprint density at radius 1 is 1.30 bits per heavy atom. The van der Waals surface area contributed by atoms with Gasteiger partial charge in [0.25, 0.3) is 5.91 Å². The summed E-state index contributed by atoms with van der Waals surface area (Å²) in [5.74, 6) is -0.903. The van der Waals surface area contributed by atoms with Crippen molar-refractivity contribution in [3.05, 3.63) is 60.2 Å². The molecule has 0 radical (unpaired) electrons. The second-order valence-electron chi connectivity index (χ2n) is 4.62. The van der Waals surface area contributed by atoms with Crippen LogP contribution in [0.4, 0.5) is 10.3 Å². The summed E-state index contributed by atoms with van der Waals surface area (Å²) in [6.07, 6.45) is 3.27. The highest BCUT2D eigenvalue weighted by Crippen LogP contribution is 2.22. The van der Waals surface area contributed by atoms with Crippen LogP contribution in [-0.4, -0.2) is 23.2 Å². The lowest BCUT2D eigenvalue weighted by atomic mass is 10.2. The number of anilines is 1. The molecule has 3 aromatic rings. The average Bonchev–Trinajstić information content (AvgIpc) is 3.04. The third kappa shape index (κ3) is 3.18. The molecule has 1 N–H and O–H groups in total. The second-order valence-corrected chi connectivity index (χ2v) is 4.62. The molecule has 0 atom stereocenters. The van der Waals surface area contributed by atoms with E-state index in [0.717, 1.165) is 11.6 Å². The van der Waals surface area contributed by atoms with E-state index in [1.807, 2.05) is 6.07 Å². The smallest absolute Gasteiger partial charge is 0.258 e. The minimum atomic E-state index is -0.617. The molecule has 0 bridgehead atoms. The van der Waals surface area contributed by atoms with Gasteiger partial charge in [0.05, 0.1) is 7.11 Å². The van der Waals surface area contributed by atoms with Gasteiger partial charge in [-0.15, -0.1) is 0 Å². The first-order valence-corrected chi connectivity index (χ1v) is 6.69. The molecule has 0 aliphatic heterocycles. The minimum absolute atomic E-state index is 0.0695. The van der Waals surface area contributed by atoms with E-state index in [0.29, 0.717) is 5.69 Å². The van der Waals surface area contributed by atoms with Gasteiger partial charge in [-0.2, -0.15) is 0 Å². The largest absolute Gasteiger partial charge is 0.494 e. The van der Waals surface area contributed by atoms with Crippen molar-refractivity contribution < 1.29 is 18.4 Å². The van der Waals surface area contributed by atoms with Crippen LogP contribution in [-0.2, 0) is 0 Å². The average molecular weight is 313 g/mol. The Labute approximate surface area is 130 Å². The molecular weight excluding hydrogens is 301 g/mol. The summed E-state index contributed by atoms with van der Waals surface area (Å²) >= 11 is 0. The lowest BCUT2D eigenvalue weighted by Crippen LogP contribution is -2.11. The third-order valence-electron chi connectivity index (χ3n) is 3.12. The number of nitrogens with one attached hydrogen (secondary N) is 1. The van der Waals surface area contributed by atoms with Crippen molar-refractivity contribution in [2.45, 2.75) is 0 Å². The number of hydrogen-bond acceptors (Lipinski definition) is 5. The van der Waals surface area contributed by atoms with Crippen LogP contribution < -0.4 is 10.1 Å². The molecular formula is C16H12FN3O3. The predicted molar refractivity (Wildman–Crippen MR) is 80.6 cm³/mol. The van der Waals surface area contributed by atoms with Crippen molar-refractivity contribution in [2.75, 3.05) is 12.4 Å². The van der Waals surface area contributed by atoms with Gasteiger partial charge >= 0.3 is 0 Å². The number of aromatic nitrogens is 2. The van der Waals surface area contributed by atoms with Crippen LogP contribution >= 0.6 is 0 Å². The van der Waals surface area contributed by atoms with Crippen LogP contribution in [0.5, 0.6) is 5.75 Å². The van der Waals surface area contributed by atoms with E-state index >= 15 is 0 Å². The Morgan fingerprint density at radius 3 is 2.87 bits per heavy atom. The van der Waals surface area contributed by atoms with Crippen LogP contribution in [0.1, 0.15) is 10.4 Å². The van der Waals surface area contributed by atoms with E-state index in [2.05, 4.69) is 15.5 Å². The summed E-state index contributed by atoms with van der Waals surface area (Å²) in [5.41, 5.74) is 1.43. The molecule has 2 heterocycles. The molecule has 7 heteroatoms.